The van der Waals surface area contributed by atoms with Gasteiger partial charge in [-0.1, -0.05) is 6.42 Å². The predicted molar refractivity (Wildman–Crippen MR) is 56.8 cm³/mol. The summed E-state index contributed by atoms with van der Waals surface area (Å²) < 4.78 is 1.93. The summed E-state index contributed by atoms with van der Waals surface area (Å²) in [6.07, 6.45) is 6.30. The molecule has 0 saturated carbocycles. The van der Waals surface area contributed by atoms with Gasteiger partial charge in [0.15, 0.2) is 5.43 Å². The van der Waals surface area contributed by atoms with Gasteiger partial charge in [-0.15, -0.1) is 0 Å². The number of rotatable bonds is 6. The number of aryl methyl sites for hydroxylation is 1. The first kappa shape index (κ1) is 11.5. The van der Waals surface area contributed by atoms with Gasteiger partial charge in [0.05, 0.1) is 0 Å². The highest BCUT2D eigenvalue weighted by atomic mass is 16.4. The fraction of sp³-hybridized carbons (Fsp3) is 0.455. The zero-order valence-corrected chi connectivity index (χ0v) is 8.56. The first-order chi connectivity index (χ1) is 7.18. The summed E-state index contributed by atoms with van der Waals surface area (Å²) in [7, 11) is 0. The van der Waals surface area contributed by atoms with Crippen LogP contribution in [0.15, 0.2) is 29.3 Å². The molecular formula is C11H15NO3. The van der Waals surface area contributed by atoms with E-state index in [1.54, 1.807) is 12.4 Å². The molecule has 82 valence electrons. The third-order valence-corrected chi connectivity index (χ3v) is 2.17. The summed E-state index contributed by atoms with van der Waals surface area (Å²) in [5.41, 5.74) is 0.0112. The molecule has 1 rings (SSSR count). The van der Waals surface area contributed by atoms with Gasteiger partial charge < -0.3 is 9.67 Å². The van der Waals surface area contributed by atoms with E-state index < -0.39 is 5.97 Å². The van der Waals surface area contributed by atoms with Crippen LogP contribution in [-0.4, -0.2) is 15.6 Å². The number of unbranched alkanes of at least 4 members (excludes halogenated alkanes) is 2. The lowest BCUT2D eigenvalue weighted by molar-refractivity contribution is -0.137. The number of aromatic nitrogens is 1. The maximum atomic E-state index is 10.8. The van der Waals surface area contributed by atoms with Gasteiger partial charge in [-0.25, -0.2) is 0 Å². The molecule has 0 aliphatic carbocycles. The number of carboxylic acid groups (broad SMARTS) is 1. The Balaban J connectivity index is 2.17. The van der Waals surface area contributed by atoms with Gasteiger partial charge in [0.2, 0.25) is 0 Å². The van der Waals surface area contributed by atoms with Gasteiger partial charge in [-0.05, 0) is 12.8 Å². The first-order valence-electron chi connectivity index (χ1n) is 5.06. The van der Waals surface area contributed by atoms with Crippen LogP contribution in [0.2, 0.25) is 0 Å². The van der Waals surface area contributed by atoms with E-state index in [1.165, 1.54) is 12.1 Å². The smallest absolute Gasteiger partial charge is 0.303 e. The molecule has 1 N–H and O–H groups in total. The largest absolute Gasteiger partial charge is 0.481 e. The molecule has 15 heavy (non-hydrogen) atoms. The van der Waals surface area contributed by atoms with Crippen molar-refractivity contribution in [1.82, 2.24) is 4.57 Å². The molecule has 0 radical (unpaired) electrons. The number of pyridine rings is 1. The number of carbonyl (C=O) groups is 1. The molecule has 1 aromatic heterocycles. The van der Waals surface area contributed by atoms with Crippen molar-refractivity contribution in [3.8, 4) is 0 Å². The molecule has 0 fully saturated rings. The third-order valence-electron chi connectivity index (χ3n) is 2.17. The van der Waals surface area contributed by atoms with E-state index in [9.17, 15) is 9.59 Å². The minimum absolute atomic E-state index is 0.0112. The van der Waals surface area contributed by atoms with Crippen LogP contribution < -0.4 is 5.43 Å². The molecule has 4 nitrogen and oxygen atoms in total. The molecule has 0 aliphatic heterocycles. The van der Waals surface area contributed by atoms with Crippen molar-refractivity contribution in [1.29, 1.82) is 0 Å². The monoisotopic (exact) mass is 209 g/mol. The SMILES string of the molecule is O=C(O)CCCCCn1ccc(=O)cc1. The molecule has 0 spiro atoms. The predicted octanol–water partition coefficient (Wildman–Crippen LogP) is 1.49. The molecule has 0 unspecified atom stereocenters. The Bertz CT molecular complexity index is 350. The number of nitrogens with zero attached hydrogens (tertiary/aromatic N) is 1. The van der Waals surface area contributed by atoms with Gasteiger partial charge in [0, 0.05) is 37.5 Å². The summed E-state index contributed by atoms with van der Waals surface area (Å²) in [5.74, 6) is -0.738. The average molecular weight is 209 g/mol. The van der Waals surface area contributed by atoms with Crippen molar-refractivity contribution in [3.63, 3.8) is 0 Å². The second-order valence-corrected chi connectivity index (χ2v) is 3.48. The Morgan fingerprint density at radius 1 is 1.20 bits per heavy atom. The normalized spacial score (nSPS) is 10.1. The van der Waals surface area contributed by atoms with E-state index in [2.05, 4.69) is 0 Å². The maximum absolute atomic E-state index is 10.8. The molecule has 0 amide bonds. The van der Waals surface area contributed by atoms with Crippen LogP contribution in [0.4, 0.5) is 0 Å². The van der Waals surface area contributed by atoms with Crippen LogP contribution in [0.3, 0.4) is 0 Å². The van der Waals surface area contributed by atoms with E-state index in [4.69, 9.17) is 5.11 Å². The molecule has 0 aromatic carbocycles. The molecule has 0 atom stereocenters. The zero-order chi connectivity index (χ0) is 11.1. The Kier molecular flexibility index (Phi) is 4.60. The fourth-order valence-corrected chi connectivity index (χ4v) is 1.34. The number of hydrogen-bond donors (Lipinski definition) is 1. The molecule has 0 saturated heterocycles. The summed E-state index contributed by atoms with van der Waals surface area (Å²) in [6, 6.07) is 3.05. The van der Waals surface area contributed by atoms with Gasteiger partial charge in [-0.3, -0.25) is 9.59 Å². The van der Waals surface area contributed by atoms with Crippen molar-refractivity contribution in [2.45, 2.75) is 32.2 Å². The van der Waals surface area contributed by atoms with E-state index in [0.29, 0.717) is 0 Å². The highest BCUT2D eigenvalue weighted by molar-refractivity contribution is 5.66. The number of carboxylic acids is 1. The van der Waals surface area contributed by atoms with E-state index in [0.717, 1.165) is 25.8 Å². The standard InChI is InChI=1S/C11H15NO3/c13-10-5-8-12(9-6-10)7-3-1-2-4-11(14)15/h5-6,8-9H,1-4,7H2,(H,14,15). The lowest BCUT2D eigenvalue weighted by atomic mass is 10.2. The van der Waals surface area contributed by atoms with E-state index in [-0.39, 0.29) is 11.8 Å². The highest BCUT2D eigenvalue weighted by Crippen LogP contribution is 2.01. The first-order valence-corrected chi connectivity index (χ1v) is 5.06. The van der Waals surface area contributed by atoms with Crippen molar-refractivity contribution in [3.05, 3.63) is 34.7 Å². The minimum Gasteiger partial charge on any atom is -0.481 e. The Hall–Kier alpha value is -1.58. The number of aliphatic carboxylic acids is 1. The van der Waals surface area contributed by atoms with Crippen LogP contribution in [0.1, 0.15) is 25.7 Å². The fourth-order valence-electron chi connectivity index (χ4n) is 1.34. The van der Waals surface area contributed by atoms with Gasteiger partial charge >= 0.3 is 5.97 Å². The lowest BCUT2D eigenvalue weighted by Crippen LogP contribution is -2.04. The zero-order valence-electron chi connectivity index (χ0n) is 8.56. The average Bonchev–Trinajstić information content (AvgIpc) is 2.20. The van der Waals surface area contributed by atoms with Gasteiger partial charge in [0.25, 0.3) is 0 Å². The summed E-state index contributed by atoms with van der Waals surface area (Å²) in [5, 5.41) is 8.42. The van der Waals surface area contributed by atoms with Crippen LogP contribution in [0.25, 0.3) is 0 Å². The van der Waals surface area contributed by atoms with Crippen molar-refractivity contribution in [2.24, 2.45) is 0 Å². The van der Waals surface area contributed by atoms with E-state index >= 15 is 0 Å². The van der Waals surface area contributed by atoms with Crippen LogP contribution >= 0.6 is 0 Å². The van der Waals surface area contributed by atoms with Gasteiger partial charge in [0.1, 0.15) is 0 Å². The second-order valence-electron chi connectivity index (χ2n) is 3.48. The molecular weight excluding hydrogens is 194 g/mol. The van der Waals surface area contributed by atoms with Crippen molar-refractivity contribution < 1.29 is 9.90 Å². The minimum atomic E-state index is -0.738. The maximum Gasteiger partial charge on any atom is 0.303 e. The summed E-state index contributed by atoms with van der Waals surface area (Å²) >= 11 is 0. The highest BCUT2D eigenvalue weighted by Gasteiger charge is 1.96. The Labute approximate surface area is 88.2 Å². The van der Waals surface area contributed by atoms with Crippen LogP contribution in [0.5, 0.6) is 0 Å². The van der Waals surface area contributed by atoms with E-state index in [1.807, 2.05) is 4.57 Å². The van der Waals surface area contributed by atoms with Crippen LogP contribution in [-0.2, 0) is 11.3 Å². The lowest BCUT2D eigenvalue weighted by Gasteiger charge is -2.04. The Morgan fingerprint density at radius 2 is 1.87 bits per heavy atom. The Morgan fingerprint density at radius 3 is 2.47 bits per heavy atom. The quantitative estimate of drug-likeness (QED) is 0.722. The molecule has 0 bridgehead atoms. The third kappa shape index (κ3) is 5.00. The molecule has 4 heteroatoms. The van der Waals surface area contributed by atoms with Gasteiger partial charge in [-0.2, -0.15) is 0 Å². The van der Waals surface area contributed by atoms with Crippen LogP contribution in [0, 0.1) is 0 Å². The molecule has 0 aliphatic rings. The topological polar surface area (TPSA) is 59.3 Å². The molecule has 1 heterocycles. The van der Waals surface area contributed by atoms with Crippen molar-refractivity contribution in [2.75, 3.05) is 0 Å². The number of hydrogen-bond acceptors (Lipinski definition) is 2. The van der Waals surface area contributed by atoms with Crippen molar-refractivity contribution >= 4 is 5.97 Å². The second kappa shape index (κ2) is 6.01. The molecule has 1 aromatic rings. The summed E-state index contributed by atoms with van der Waals surface area (Å²) in [4.78, 5) is 21.0. The summed E-state index contributed by atoms with van der Waals surface area (Å²) in [6.45, 7) is 0.833.